The van der Waals surface area contributed by atoms with E-state index in [1.807, 2.05) is 4.90 Å². The average molecular weight is 208 g/mol. The average Bonchev–Trinajstić information content (AvgIpc) is 2.87. The molecule has 2 aliphatic heterocycles. The lowest BCUT2D eigenvalue weighted by Gasteiger charge is -2.31. The summed E-state index contributed by atoms with van der Waals surface area (Å²) in [7, 11) is 0. The number of aromatic nitrogens is 3. The summed E-state index contributed by atoms with van der Waals surface area (Å²) in [6, 6.07) is 0. The van der Waals surface area contributed by atoms with Gasteiger partial charge in [0.25, 0.3) is 5.91 Å². The van der Waals surface area contributed by atoms with E-state index in [0.717, 1.165) is 12.8 Å². The molecule has 6 nitrogen and oxygen atoms in total. The van der Waals surface area contributed by atoms with Gasteiger partial charge in [-0.3, -0.25) is 4.79 Å². The second kappa shape index (κ2) is 3.30. The van der Waals surface area contributed by atoms with Crippen LogP contribution in [0, 0.1) is 0 Å². The highest BCUT2D eigenvalue weighted by molar-refractivity contribution is 5.92. The maximum Gasteiger partial charge on any atom is 0.276 e. The van der Waals surface area contributed by atoms with Gasteiger partial charge >= 0.3 is 0 Å². The van der Waals surface area contributed by atoms with Crippen molar-refractivity contribution in [2.24, 2.45) is 0 Å². The molecule has 0 saturated carbocycles. The minimum Gasteiger partial charge on any atom is -0.371 e. The Labute approximate surface area is 86.6 Å². The van der Waals surface area contributed by atoms with E-state index in [0.29, 0.717) is 18.8 Å². The number of carbonyl (C=O) groups excluding carboxylic acids is 1. The molecule has 3 rings (SSSR count). The molecule has 3 heterocycles. The normalized spacial score (nSPS) is 29.5. The number of rotatable bonds is 1. The highest BCUT2D eigenvalue weighted by Crippen LogP contribution is 2.26. The van der Waals surface area contributed by atoms with Crippen molar-refractivity contribution in [3.05, 3.63) is 11.9 Å². The fourth-order valence-electron chi connectivity index (χ4n) is 2.25. The Bertz CT molecular complexity index is 352. The van der Waals surface area contributed by atoms with Gasteiger partial charge in [0.05, 0.1) is 18.4 Å². The predicted molar refractivity (Wildman–Crippen MR) is 50.2 cm³/mol. The van der Waals surface area contributed by atoms with Crippen molar-refractivity contribution in [3.8, 4) is 0 Å². The van der Waals surface area contributed by atoms with Crippen molar-refractivity contribution in [1.82, 2.24) is 20.3 Å². The summed E-state index contributed by atoms with van der Waals surface area (Å²) in [5.41, 5.74) is 0.385. The molecule has 1 aromatic rings. The Morgan fingerprint density at radius 2 is 2.20 bits per heavy atom. The van der Waals surface area contributed by atoms with Crippen LogP contribution < -0.4 is 0 Å². The number of H-pyrrole nitrogens is 1. The van der Waals surface area contributed by atoms with Crippen LogP contribution in [0.3, 0.4) is 0 Å². The Balaban J connectivity index is 1.75. The van der Waals surface area contributed by atoms with Gasteiger partial charge in [-0.1, -0.05) is 0 Å². The number of hydrogen-bond acceptors (Lipinski definition) is 4. The lowest BCUT2D eigenvalue weighted by molar-refractivity contribution is -0.0305. The second-order valence-corrected chi connectivity index (χ2v) is 4.02. The molecule has 2 fully saturated rings. The van der Waals surface area contributed by atoms with Crippen molar-refractivity contribution in [2.75, 3.05) is 13.1 Å². The van der Waals surface area contributed by atoms with Crippen LogP contribution in [0.15, 0.2) is 6.20 Å². The largest absolute Gasteiger partial charge is 0.371 e. The summed E-state index contributed by atoms with van der Waals surface area (Å²) < 4.78 is 5.66. The van der Waals surface area contributed by atoms with Crippen LogP contribution in [0.1, 0.15) is 23.3 Å². The lowest BCUT2D eigenvalue weighted by Crippen LogP contribution is -2.45. The quantitative estimate of drug-likeness (QED) is 0.694. The molecular weight excluding hydrogens is 196 g/mol. The number of fused-ring (bicyclic) bond motifs is 2. The van der Waals surface area contributed by atoms with Crippen LogP contribution >= 0.6 is 0 Å². The van der Waals surface area contributed by atoms with Crippen LogP contribution in [-0.2, 0) is 4.74 Å². The van der Waals surface area contributed by atoms with Crippen LogP contribution in [0.2, 0.25) is 0 Å². The minimum absolute atomic E-state index is 0.0519. The van der Waals surface area contributed by atoms with Crippen LogP contribution in [-0.4, -0.2) is 51.5 Å². The molecule has 6 heteroatoms. The molecule has 2 bridgehead atoms. The van der Waals surface area contributed by atoms with E-state index >= 15 is 0 Å². The molecule has 15 heavy (non-hydrogen) atoms. The number of amides is 1. The van der Waals surface area contributed by atoms with E-state index < -0.39 is 0 Å². The number of nitrogens with zero attached hydrogens (tertiary/aromatic N) is 3. The minimum atomic E-state index is -0.0519. The zero-order valence-corrected chi connectivity index (χ0v) is 8.22. The van der Waals surface area contributed by atoms with Crippen molar-refractivity contribution < 1.29 is 9.53 Å². The molecule has 1 amide bonds. The summed E-state index contributed by atoms with van der Waals surface area (Å²) in [4.78, 5) is 13.7. The Morgan fingerprint density at radius 1 is 1.47 bits per heavy atom. The predicted octanol–water partition coefficient (Wildman–Crippen LogP) is -0.192. The molecule has 80 valence electrons. The van der Waals surface area contributed by atoms with Crippen molar-refractivity contribution in [2.45, 2.75) is 25.0 Å². The van der Waals surface area contributed by atoms with Crippen LogP contribution in [0.5, 0.6) is 0 Å². The van der Waals surface area contributed by atoms with Gasteiger partial charge in [-0.05, 0) is 12.8 Å². The van der Waals surface area contributed by atoms with Crippen molar-refractivity contribution in [1.29, 1.82) is 0 Å². The van der Waals surface area contributed by atoms with Gasteiger partial charge in [0.15, 0.2) is 5.69 Å². The second-order valence-electron chi connectivity index (χ2n) is 4.02. The van der Waals surface area contributed by atoms with Gasteiger partial charge in [0, 0.05) is 13.1 Å². The molecule has 1 aromatic heterocycles. The molecular formula is C9H12N4O2. The first-order valence-corrected chi connectivity index (χ1v) is 5.13. The molecule has 2 aliphatic rings. The number of nitrogens with one attached hydrogen (secondary N) is 1. The van der Waals surface area contributed by atoms with Crippen LogP contribution in [0.4, 0.5) is 0 Å². The first-order chi connectivity index (χ1) is 7.33. The SMILES string of the molecule is O=C(c1cn[nH]n1)N1CC2CCC(C1)O2. The monoisotopic (exact) mass is 208 g/mol. The first-order valence-electron chi connectivity index (χ1n) is 5.13. The number of aromatic amines is 1. The van der Waals surface area contributed by atoms with Crippen molar-refractivity contribution >= 4 is 5.91 Å². The molecule has 0 aromatic carbocycles. The van der Waals surface area contributed by atoms with E-state index in [4.69, 9.17) is 4.74 Å². The topological polar surface area (TPSA) is 71.1 Å². The third-order valence-electron chi connectivity index (χ3n) is 2.96. The number of likely N-dealkylation sites (tertiary alicyclic amines) is 1. The van der Waals surface area contributed by atoms with E-state index in [-0.39, 0.29) is 18.1 Å². The zero-order valence-electron chi connectivity index (χ0n) is 8.22. The molecule has 2 atom stereocenters. The molecule has 0 radical (unpaired) electrons. The van der Waals surface area contributed by atoms with Gasteiger partial charge in [0.2, 0.25) is 0 Å². The van der Waals surface area contributed by atoms with Gasteiger partial charge < -0.3 is 9.64 Å². The maximum absolute atomic E-state index is 11.9. The highest BCUT2D eigenvalue weighted by Gasteiger charge is 2.36. The summed E-state index contributed by atoms with van der Waals surface area (Å²) in [5, 5.41) is 9.88. The van der Waals surface area contributed by atoms with Gasteiger partial charge in [0.1, 0.15) is 0 Å². The summed E-state index contributed by atoms with van der Waals surface area (Å²) >= 11 is 0. The van der Waals surface area contributed by atoms with Gasteiger partial charge in [-0.2, -0.15) is 15.4 Å². The number of morpholine rings is 1. The number of ether oxygens (including phenoxy) is 1. The molecule has 1 N–H and O–H groups in total. The Kier molecular flexibility index (Phi) is 1.95. The summed E-state index contributed by atoms with van der Waals surface area (Å²) in [6.45, 7) is 1.37. The van der Waals surface area contributed by atoms with E-state index in [1.54, 1.807) is 0 Å². The maximum atomic E-state index is 11.9. The van der Waals surface area contributed by atoms with Gasteiger partial charge in [-0.15, -0.1) is 0 Å². The Hall–Kier alpha value is -1.43. The molecule has 0 spiro atoms. The summed E-state index contributed by atoms with van der Waals surface area (Å²) in [6.07, 6.45) is 4.03. The molecule has 0 aliphatic carbocycles. The first kappa shape index (κ1) is 8.84. The van der Waals surface area contributed by atoms with Crippen molar-refractivity contribution in [3.63, 3.8) is 0 Å². The summed E-state index contributed by atoms with van der Waals surface area (Å²) in [5.74, 6) is -0.0519. The van der Waals surface area contributed by atoms with E-state index in [9.17, 15) is 4.79 Å². The molecule has 2 unspecified atom stereocenters. The van der Waals surface area contributed by atoms with E-state index in [2.05, 4.69) is 15.4 Å². The Morgan fingerprint density at radius 3 is 2.80 bits per heavy atom. The lowest BCUT2D eigenvalue weighted by atomic mass is 10.2. The molecule has 2 saturated heterocycles. The third-order valence-corrected chi connectivity index (χ3v) is 2.96. The highest BCUT2D eigenvalue weighted by atomic mass is 16.5. The zero-order chi connectivity index (χ0) is 10.3. The smallest absolute Gasteiger partial charge is 0.276 e. The number of carbonyl (C=O) groups is 1. The van der Waals surface area contributed by atoms with Crippen LogP contribution in [0.25, 0.3) is 0 Å². The van der Waals surface area contributed by atoms with E-state index in [1.165, 1.54) is 6.20 Å². The van der Waals surface area contributed by atoms with Gasteiger partial charge in [-0.25, -0.2) is 0 Å². The third kappa shape index (κ3) is 1.50. The fraction of sp³-hybridized carbons (Fsp3) is 0.667. The fourth-order valence-corrected chi connectivity index (χ4v) is 2.25. The number of hydrogen-bond donors (Lipinski definition) is 1. The standard InChI is InChI=1S/C9H12N4O2/c14-9(8-3-10-12-11-8)13-4-6-1-2-7(5-13)15-6/h3,6-7H,1-2,4-5H2,(H,10,11,12).